The largest absolute Gasteiger partial charge is 0.391 e. The molecule has 1 fully saturated rings. The number of hydrogen-bond donors (Lipinski definition) is 3. The molecule has 3 amide bonds. The number of rotatable bonds is 9. The summed E-state index contributed by atoms with van der Waals surface area (Å²) in [5.41, 5.74) is 8.17. The van der Waals surface area contributed by atoms with Gasteiger partial charge in [0.2, 0.25) is 11.8 Å². The third kappa shape index (κ3) is 8.41. The standard InChI is InChI=1S/C48H50ClFN8O4S2/c1-23-27(5)64-47-39(23)40(52-26(4)43-56-55-28(6)58(43)47)31-14-12-30(13-15-31)34-19-36(49)35(20-37(34)50)44(60)54-42(48(7,8)9)46(62)57-21-33(59)18-38(57)45(61)53-24(2)29-10-16-32(17-11-29)41-25(3)51-22-63-41/h10-17,19-20,22,24,26,33,38,42,59H,18,21H2,1-9H3,(H,53,61)(H,54,60)/t24?,26-,33+,38-,42?/m0/s1. The van der Waals surface area contributed by atoms with E-state index < -0.39 is 53.2 Å². The molecule has 2 aliphatic heterocycles. The predicted molar refractivity (Wildman–Crippen MR) is 250 cm³/mol. The van der Waals surface area contributed by atoms with E-state index in [1.54, 1.807) is 61.1 Å². The summed E-state index contributed by atoms with van der Waals surface area (Å²) in [7, 11) is 0. The van der Waals surface area contributed by atoms with E-state index in [9.17, 15) is 19.5 Å². The van der Waals surface area contributed by atoms with E-state index in [-0.39, 0.29) is 35.2 Å². The third-order valence-corrected chi connectivity index (χ3v) is 14.6. The minimum atomic E-state index is -1.16. The molecule has 0 aliphatic carbocycles. The van der Waals surface area contributed by atoms with E-state index in [2.05, 4.69) is 44.2 Å². The maximum atomic E-state index is 16.1. The number of nitrogens with one attached hydrogen (secondary N) is 2. The molecular formula is C48H50ClFN8O4S2. The summed E-state index contributed by atoms with van der Waals surface area (Å²) >= 11 is 9.97. The van der Waals surface area contributed by atoms with Crippen molar-refractivity contribution in [1.29, 1.82) is 0 Å². The van der Waals surface area contributed by atoms with Crippen LogP contribution in [-0.2, 0) is 9.59 Å². The number of thiazole rings is 1. The minimum absolute atomic E-state index is 0.00877. The molecule has 0 radical (unpaired) electrons. The summed E-state index contributed by atoms with van der Waals surface area (Å²) < 4.78 is 18.2. The molecule has 64 heavy (non-hydrogen) atoms. The number of carbonyl (C=O) groups is 3. The molecule has 0 spiro atoms. The van der Waals surface area contributed by atoms with Crippen LogP contribution in [0.4, 0.5) is 4.39 Å². The fraction of sp³-hybridized carbons (Fsp3) is 0.354. The number of benzene rings is 3. The van der Waals surface area contributed by atoms with E-state index in [1.807, 2.05) is 64.1 Å². The van der Waals surface area contributed by atoms with Gasteiger partial charge in [0.25, 0.3) is 5.91 Å². The number of aromatic nitrogens is 4. The molecule has 16 heteroatoms. The highest BCUT2D eigenvalue weighted by Crippen LogP contribution is 2.39. The number of likely N-dealkylation sites (tertiary alicyclic amines) is 1. The van der Waals surface area contributed by atoms with E-state index in [4.69, 9.17) is 16.6 Å². The molecule has 2 aliphatic rings. The van der Waals surface area contributed by atoms with Gasteiger partial charge in [-0.1, -0.05) is 80.9 Å². The van der Waals surface area contributed by atoms with Gasteiger partial charge in [0.05, 0.1) is 44.5 Å². The molecule has 3 aromatic carbocycles. The van der Waals surface area contributed by atoms with Gasteiger partial charge in [-0.3, -0.25) is 23.9 Å². The number of amides is 3. The first kappa shape index (κ1) is 45.0. The molecule has 6 aromatic rings. The van der Waals surface area contributed by atoms with Crippen molar-refractivity contribution >= 4 is 57.7 Å². The second-order valence-corrected chi connectivity index (χ2v) is 20.2. The molecule has 1 saturated heterocycles. The minimum Gasteiger partial charge on any atom is -0.391 e. The normalized spacial score (nSPS) is 18.2. The number of thiophene rings is 1. The summed E-state index contributed by atoms with van der Waals surface area (Å²) in [4.78, 5) is 55.1. The van der Waals surface area contributed by atoms with Crippen LogP contribution >= 0.6 is 34.3 Å². The van der Waals surface area contributed by atoms with Crippen LogP contribution in [0.5, 0.6) is 0 Å². The van der Waals surface area contributed by atoms with Crippen molar-refractivity contribution in [2.75, 3.05) is 6.54 Å². The van der Waals surface area contributed by atoms with Crippen LogP contribution in [0.2, 0.25) is 5.02 Å². The van der Waals surface area contributed by atoms with Crippen LogP contribution in [0.25, 0.3) is 26.6 Å². The number of aliphatic imine (C=N–C) groups is 1. The quantitative estimate of drug-likeness (QED) is 0.131. The van der Waals surface area contributed by atoms with Crippen molar-refractivity contribution in [2.24, 2.45) is 10.4 Å². The number of nitrogens with zero attached hydrogens (tertiary/aromatic N) is 6. The Balaban J connectivity index is 0.983. The molecule has 3 N–H and O–H groups in total. The topological polar surface area (TPSA) is 155 Å². The monoisotopic (exact) mass is 920 g/mol. The molecule has 5 atom stereocenters. The number of hydrogen-bond acceptors (Lipinski definition) is 10. The first-order chi connectivity index (χ1) is 30.3. The fourth-order valence-corrected chi connectivity index (χ4v) is 10.7. The highest BCUT2D eigenvalue weighted by Gasteiger charge is 2.45. The van der Waals surface area contributed by atoms with Crippen LogP contribution in [0, 0.1) is 38.9 Å². The molecule has 2 unspecified atom stereocenters. The van der Waals surface area contributed by atoms with Crippen LogP contribution in [-0.4, -0.2) is 77.9 Å². The fourth-order valence-electron chi connectivity index (χ4n) is 8.45. The second kappa shape index (κ2) is 17.4. The lowest BCUT2D eigenvalue weighted by Gasteiger charge is -2.35. The maximum Gasteiger partial charge on any atom is 0.253 e. The van der Waals surface area contributed by atoms with Gasteiger partial charge < -0.3 is 20.6 Å². The molecule has 0 saturated carbocycles. The highest BCUT2D eigenvalue weighted by molar-refractivity contribution is 7.15. The number of aliphatic hydroxyl groups excluding tert-OH is 1. The predicted octanol–water partition coefficient (Wildman–Crippen LogP) is 9.04. The summed E-state index contributed by atoms with van der Waals surface area (Å²) in [6, 6.07) is 14.9. The summed E-state index contributed by atoms with van der Waals surface area (Å²) in [6.45, 7) is 17.1. The Labute approximate surface area is 384 Å². The summed E-state index contributed by atoms with van der Waals surface area (Å²) in [5, 5.41) is 26.3. The molecular weight excluding hydrogens is 871 g/mol. The third-order valence-electron chi connectivity index (χ3n) is 12.2. The lowest BCUT2D eigenvalue weighted by atomic mass is 9.85. The van der Waals surface area contributed by atoms with Gasteiger partial charge >= 0.3 is 0 Å². The van der Waals surface area contributed by atoms with Gasteiger partial charge in [0.15, 0.2) is 5.82 Å². The Hall–Kier alpha value is -5.61. The molecule has 8 rings (SSSR count). The number of fused-ring (bicyclic) bond motifs is 3. The van der Waals surface area contributed by atoms with Crippen molar-refractivity contribution in [1.82, 2.24) is 35.3 Å². The Bertz CT molecular complexity index is 2830. The van der Waals surface area contributed by atoms with Gasteiger partial charge in [-0.2, -0.15) is 0 Å². The van der Waals surface area contributed by atoms with Crippen molar-refractivity contribution in [3.05, 3.63) is 127 Å². The molecule has 332 valence electrons. The average Bonchev–Trinajstić information content (AvgIpc) is 4.02. The Morgan fingerprint density at radius 2 is 1.62 bits per heavy atom. The van der Waals surface area contributed by atoms with E-state index >= 15 is 4.39 Å². The van der Waals surface area contributed by atoms with Crippen LogP contribution in [0.1, 0.15) is 108 Å². The molecule has 0 bridgehead atoms. The molecule has 12 nitrogen and oxygen atoms in total. The van der Waals surface area contributed by atoms with E-state index in [1.165, 1.54) is 11.0 Å². The Kier molecular flexibility index (Phi) is 12.2. The zero-order valence-electron chi connectivity index (χ0n) is 37.1. The molecule has 3 aromatic heterocycles. The first-order valence-corrected chi connectivity index (χ1v) is 23.2. The van der Waals surface area contributed by atoms with Crippen molar-refractivity contribution < 1.29 is 23.9 Å². The van der Waals surface area contributed by atoms with Crippen molar-refractivity contribution in [3.63, 3.8) is 0 Å². The number of aliphatic hydroxyl groups is 1. The summed E-state index contributed by atoms with van der Waals surface area (Å²) in [6.07, 6.45) is -0.918. The van der Waals surface area contributed by atoms with Crippen LogP contribution in [0.3, 0.4) is 0 Å². The van der Waals surface area contributed by atoms with Crippen molar-refractivity contribution in [2.45, 2.75) is 99.0 Å². The van der Waals surface area contributed by atoms with Gasteiger partial charge in [-0.25, -0.2) is 9.37 Å². The van der Waals surface area contributed by atoms with E-state index in [0.717, 1.165) is 71.7 Å². The van der Waals surface area contributed by atoms with Crippen LogP contribution in [0.15, 0.2) is 71.2 Å². The van der Waals surface area contributed by atoms with Gasteiger partial charge in [-0.05, 0) is 81.3 Å². The van der Waals surface area contributed by atoms with Crippen LogP contribution < -0.4 is 10.6 Å². The average molecular weight is 922 g/mol. The summed E-state index contributed by atoms with van der Waals surface area (Å²) in [5.74, 6) is -0.860. The van der Waals surface area contributed by atoms with E-state index in [0.29, 0.717) is 5.56 Å². The van der Waals surface area contributed by atoms with Gasteiger partial charge in [0.1, 0.15) is 34.8 Å². The lowest BCUT2D eigenvalue weighted by Crippen LogP contribution is -2.57. The van der Waals surface area contributed by atoms with Gasteiger partial charge in [0, 0.05) is 34.5 Å². The van der Waals surface area contributed by atoms with Crippen molar-refractivity contribution in [3.8, 4) is 26.6 Å². The lowest BCUT2D eigenvalue weighted by molar-refractivity contribution is -0.142. The smallest absolute Gasteiger partial charge is 0.253 e. The second-order valence-electron chi connectivity index (χ2n) is 17.7. The Morgan fingerprint density at radius 1 is 0.953 bits per heavy atom. The first-order valence-electron chi connectivity index (χ1n) is 21.1. The molecule has 5 heterocycles. The number of halogens is 2. The maximum absolute atomic E-state index is 16.1. The SMILES string of the molecule is Cc1ncsc1-c1ccc(C(C)NC(=O)[C@@H]2C[C@@H](O)CN2C(=O)C(NC(=O)c2cc(F)c(-c3ccc(C4=N[C@@H](C)c5nnc(C)n5-c5sc(C)c(C)c54)cc3)cc2Cl)C(C)(C)C)cc1. The van der Waals surface area contributed by atoms with Gasteiger partial charge in [-0.15, -0.1) is 32.9 Å². The highest BCUT2D eigenvalue weighted by atomic mass is 35.5. The number of aryl methyl sites for hydroxylation is 3. The Morgan fingerprint density at radius 3 is 2.28 bits per heavy atom. The zero-order chi connectivity index (χ0) is 45.9. The number of carbonyl (C=O) groups excluding carboxylic acids is 3. The zero-order valence-corrected chi connectivity index (χ0v) is 39.5. The number of β-amino-alcohol motifs (C(OH)–C–C–N with tert-alkyl or cyclic N) is 1.